The van der Waals surface area contributed by atoms with E-state index in [1.807, 2.05) is 0 Å². The molecule has 0 saturated carbocycles. The number of halogens is 3. The molecular formula is C18H16F3N3O3S. The van der Waals surface area contributed by atoms with Crippen LogP contribution in [0, 0.1) is 6.92 Å². The number of hydrogen-bond donors (Lipinski definition) is 3. The van der Waals surface area contributed by atoms with Gasteiger partial charge in [-0.2, -0.15) is 13.2 Å². The maximum atomic E-state index is 12.8. The minimum Gasteiger partial charge on any atom is -0.354 e. The van der Waals surface area contributed by atoms with Gasteiger partial charge in [0.15, 0.2) is 0 Å². The van der Waals surface area contributed by atoms with Crippen LogP contribution in [0.2, 0.25) is 0 Å². The van der Waals surface area contributed by atoms with Gasteiger partial charge in [0.1, 0.15) is 5.69 Å². The number of benzene rings is 2. The molecule has 0 atom stereocenters. The summed E-state index contributed by atoms with van der Waals surface area (Å²) in [5.41, 5.74) is 0.226. The normalized spacial score (nSPS) is 12.2. The molecule has 3 rings (SSSR count). The molecule has 10 heteroatoms. The number of aromatic amines is 1. The van der Waals surface area contributed by atoms with E-state index in [2.05, 4.69) is 15.0 Å². The van der Waals surface area contributed by atoms with Crippen LogP contribution in [0.25, 0.3) is 10.9 Å². The Balaban J connectivity index is 1.93. The third-order valence-electron chi connectivity index (χ3n) is 4.14. The monoisotopic (exact) mass is 411 g/mol. The van der Waals surface area contributed by atoms with Crippen molar-refractivity contribution in [2.75, 3.05) is 11.8 Å². The number of H-pyrrole nitrogens is 1. The van der Waals surface area contributed by atoms with E-state index in [9.17, 15) is 26.4 Å². The lowest BCUT2D eigenvalue weighted by atomic mass is 10.1. The van der Waals surface area contributed by atoms with E-state index < -0.39 is 21.8 Å². The zero-order chi connectivity index (χ0) is 20.7. The van der Waals surface area contributed by atoms with Crippen molar-refractivity contribution in [2.45, 2.75) is 18.0 Å². The Bertz CT molecular complexity index is 1170. The number of sulfonamides is 1. The molecule has 2 aromatic carbocycles. The number of alkyl halides is 3. The zero-order valence-electron chi connectivity index (χ0n) is 14.8. The molecule has 0 radical (unpaired) electrons. The average molecular weight is 411 g/mol. The van der Waals surface area contributed by atoms with Crippen LogP contribution >= 0.6 is 0 Å². The SMILES string of the molecule is CNC(=O)c1cc2cc(NS(=O)(=O)c3ccc(C(F)(F)F)cc3C)ccc2[nH]1. The molecule has 6 nitrogen and oxygen atoms in total. The summed E-state index contributed by atoms with van der Waals surface area (Å²) in [6.45, 7) is 1.30. The number of fused-ring (bicyclic) bond motifs is 1. The van der Waals surface area contributed by atoms with Crippen LogP contribution in [0.4, 0.5) is 18.9 Å². The molecule has 0 spiro atoms. The highest BCUT2D eigenvalue weighted by Crippen LogP contribution is 2.32. The van der Waals surface area contributed by atoms with Gasteiger partial charge in [0.2, 0.25) is 0 Å². The van der Waals surface area contributed by atoms with E-state index in [1.54, 1.807) is 12.1 Å². The quantitative estimate of drug-likeness (QED) is 0.612. The van der Waals surface area contributed by atoms with Gasteiger partial charge in [-0.25, -0.2) is 8.42 Å². The first-order chi connectivity index (χ1) is 13.0. The highest BCUT2D eigenvalue weighted by Gasteiger charge is 2.31. The van der Waals surface area contributed by atoms with Gasteiger partial charge in [-0.3, -0.25) is 9.52 Å². The van der Waals surface area contributed by atoms with Crippen LogP contribution in [-0.4, -0.2) is 26.4 Å². The molecule has 1 heterocycles. The predicted molar refractivity (Wildman–Crippen MR) is 98.7 cm³/mol. The minimum absolute atomic E-state index is 0.0213. The van der Waals surface area contributed by atoms with Crippen molar-refractivity contribution >= 4 is 32.5 Å². The molecule has 3 N–H and O–H groups in total. The van der Waals surface area contributed by atoms with Crippen molar-refractivity contribution in [3.63, 3.8) is 0 Å². The number of rotatable bonds is 4. The van der Waals surface area contributed by atoms with Gasteiger partial charge in [-0.15, -0.1) is 0 Å². The molecule has 0 saturated heterocycles. The van der Waals surface area contributed by atoms with Gasteiger partial charge in [0.05, 0.1) is 10.5 Å². The number of carbonyl (C=O) groups is 1. The number of carbonyl (C=O) groups excluding carboxylic acids is 1. The zero-order valence-corrected chi connectivity index (χ0v) is 15.6. The molecule has 1 aromatic heterocycles. The van der Waals surface area contributed by atoms with Crippen molar-refractivity contribution in [2.24, 2.45) is 0 Å². The molecule has 0 aliphatic heterocycles. The van der Waals surface area contributed by atoms with Crippen LogP contribution in [-0.2, 0) is 16.2 Å². The first-order valence-corrected chi connectivity index (χ1v) is 9.55. The second-order valence-electron chi connectivity index (χ2n) is 6.15. The van der Waals surface area contributed by atoms with Gasteiger partial charge < -0.3 is 10.3 Å². The molecule has 0 aliphatic carbocycles. The Kier molecular flexibility index (Phi) is 4.84. The topological polar surface area (TPSA) is 91.1 Å². The second kappa shape index (κ2) is 6.86. The van der Waals surface area contributed by atoms with Gasteiger partial charge in [-0.05, 0) is 55.0 Å². The number of aryl methyl sites for hydroxylation is 1. The molecule has 0 aliphatic rings. The summed E-state index contributed by atoms with van der Waals surface area (Å²) in [4.78, 5) is 14.3. The van der Waals surface area contributed by atoms with Crippen LogP contribution in [0.3, 0.4) is 0 Å². The number of anilines is 1. The Morgan fingerprint density at radius 1 is 1.07 bits per heavy atom. The van der Waals surface area contributed by atoms with Crippen LogP contribution in [0.1, 0.15) is 21.6 Å². The highest BCUT2D eigenvalue weighted by atomic mass is 32.2. The van der Waals surface area contributed by atoms with E-state index >= 15 is 0 Å². The Labute approximate surface area is 158 Å². The lowest BCUT2D eigenvalue weighted by Gasteiger charge is -2.13. The van der Waals surface area contributed by atoms with Crippen molar-refractivity contribution in [3.05, 3.63) is 59.3 Å². The Hall–Kier alpha value is -3.01. The first kappa shape index (κ1) is 19.7. The first-order valence-electron chi connectivity index (χ1n) is 8.07. The number of aromatic nitrogens is 1. The summed E-state index contributed by atoms with van der Waals surface area (Å²) < 4.78 is 65.9. The third kappa shape index (κ3) is 3.81. The summed E-state index contributed by atoms with van der Waals surface area (Å²) in [6, 6.07) is 8.62. The van der Waals surface area contributed by atoms with E-state index in [0.717, 1.165) is 18.2 Å². The van der Waals surface area contributed by atoms with Gasteiger partial charge >= 0.3 is 6.18 Å². The van der Waals surface area contributed by atoms with E-state index in [-0.39, 0.29) is 22.1 Å². The summed E-state index contributed by atoms with van der Waals surface area (Å²) in [5.74, 6) is -0.321. The molecular weight excluding hydrogens is 395 g/mol. The Morgan fingerprint density at radius 3 is 2.39 bits per heavy atom. The van der Waals surface area contributed by atoms with Gasteiger partial charge in [0.25, 0.3) is 15.9 Å². The smallest absolute Gasteiger partial charge is 0.354 e. The maximum absolute atomic E-state index is 12.8. The molecule has 3 aromatic rings. The van der Waals surface area contributed by atoms with E-state index in [1.165, 1.54) is 26.1 Å². The van der Waals surface area contributed by atoms with Crippen molar-refractivity contribution < 1.29 is 26.4 Å². The lowest BCUT2D eigenvalue weighted by molar-refractivity contribution is -0.137. The van der Waals surface area contributed by atoms with Crippen LogP contribution in [0.5, 0.6) is 0 Å². The lowest BCUT2D eigenvalue weighted by Crippen LogP contribution is -2.17. The maximum Gasteiger partial charge on any atom is 0.416 e. The predicted octanol–water partition coefficient (Wildman–Crippen LogP) is 3.66. The summed E-state index contributed by atoms with van der Waals surface area (Å²) in [5, 5.41) is 3.08. The van der Waals surface area contributed by atoms with Crippen LogP contribution in [0.15, 0.2) is 47.4 Å². The Morgan fingerprint density at radius 2 is 1.79 bits per heavy atom. The fourth-order valence-electron chi connectivity index (χ4n) is 2.79. The molecule has 0 bridgehead atoms. The minimum atomic E-state index is -4.55. The standard InChI is InChI=1S/C18H16F3N3O3S/c1-10-7-12(18(19,20)21)3-6-16(10)28(26,27)24-13-4-5-14-11(8-13)9-15(23-14)17(25)22-2/h3-9,23-24H,1-2H3,(H,22,25). The summed E-state index contributed by atoms with van der Waals surface area (Å²) in [7, 11) is -2.61. The molecule has 0 unspecified atom stereocenters. The van der Waals surface area contributed by atoms with Crippen LogP contribution < -0.4 is 10.0 Å². The summed E-state index contributed by atoms with van der Waals surface area (Å²) >= 11 is 0. The number of amides is 1. The van der Waals surface area contributed by atoms with E-state index in [4.69, 9.17) is 0 Å². The van der Waals surface area contributed by atoms with Crippen molar-refractivity contribution in [3.8, 4) is 0 Å². The van der Waals surface area contributed by atoms with Gasteiger partial charge in [0, 0.05) is 23.6 Å². The van der Waals surface area contributed by atoms with Crippen molar-refractivity contribution in [1.29, 1.82) is 0 Å². The molecule has 1 amide bonds. The molecule has 28 heavy (non-hydrogen) atoms. The van der Waals surface area contributed by atoms with Gasteiger partial charge in [-0.1, -0.05) is 0 Å². The average Bonchev–Trinajstić information content (AvgIpc) is 3.02. The fraction of sp³-hybridized carbons (Fsp3) is 0.167. The molecule has 0 fully saturated rings. The second-order valence-corrected chi connectivity index (χ2v) is 7.80. The van der Waals surface area contributed by atoms with Crippen molar-refractivity contribution in [1.82, 2.24) is 10.3 Å². The fourth-order valence-corrected chi connectivity index (χ4v) is 4.07. The largest absolute Gasteiger partial charge is 0.416 e. The number of nitrogens with one attached hydrogen (secondary N) is 3. The molecule has 148 valence electrons. The number of hydrogen-bond acceptors (Lipinski definition) is 3. The highest BCUT2D eigenvalue weighted by molar-refractivity contribution is 7.92. The van der Waals surface area contributed by atoms with E-state index in [0.29, 0.717) is 16.6 Å². The third-order valence-corrected chi connectivity index (χ3v) is 5.68. The summed E-state index contributed by atoms with van der Waals surface area (Å²) in [6.07, 6.45) is -4.55.